The van der Waals surface area contributed by atoms with Gasteiger partial charge in [0.05, 0.1) is 6.54 Å². The summed E-state index contributed by atoms with van der Waals surface area (Å²) in [5, 5.41) is 8.77. The van der Waals surface area contributed by atoms with Gasteiger partial charge in [0.25, 0.3) is 0 Å². The van der Waals surface area contributed by atoms with Crippen molar-refractivity contribution in [3.05, 3.63) is 18.1 Å². The van der Waals surface area contributed by atoms with E-state index in [-0.39, 0.29) is 18.2 Å². The molecular formula is C10H12FN3O2. The van der Waals surface area contributed by atoms with Gasteiger partial charge >= 0.3 is 5.97 Å². The van der Waals surface area contributed by atoms with Crippen LogP contribution in [0.15, 0.2) is 12.4 Å². The van der Waals surface area contributed by atoms with Gasteiger partial charge in [-0.25, -0.2) is 19.2 Å². The minimum Gasteiger partial charge on any atom is -0.477 e. The first kappa shape index (κ1) is 10.8. The smallest absolute Gasteiger partial charge is 0.354 e. The second kappa shape index (κ2) is 4.03. The zero-order valence-electron chi connectivity index (χ0n) is 8.80. The van der Waals surface area contributed by atoms with Crippen molar-refractivity contribution in [2.45, 2.75) is 13.1 Å². The highest BCUT2D eigenvalue weighted by Crippen LogP contribution is 2.24. The second-order valence-corrected chi connectivity index (χ2v) is 3.96. The molecule has 6 heteroatoms. The van der Waals surface area contributed by atoms with Crippen LogP contribution >= 0.6 is 0 Å². The van der Waals surface area contributed by atoms with Gasteiger partial charge in [0.2, 0.25) is 0 Å². The lowest BCUT2D eigenvalue weighted by molar-refractivity contribution is 0.0690. The first-order valence-electron chi connectivity index (χ1n) is 5.02. The third-order valence-corrected chi connectivity index (χ3v) is 2.72. The van der Waals surface area contributed by atoms with Crippen LogP contribution in [0.1, 0.15) is 17.4 Å². The summed E-state index contributed by atoms with van der Waals surface area (Å²) in [5.41, 5.74) is -0.0695. The van der Waals surface area contributed by atoms with Crippen molar-refractivity contribution in [3.8, 4) is 0 Å². The van der Waals surface area contributed by atoms with Crippen LogP contribution in [0, 0.1) is 5.92 Å². The molecule has 1 fully saturated rings. The van der Waals surface area contributed by atoms with E-state index in [1.807, 2.05) is 6.92 Å². The van der Waals surface area contributed by atoms with Crippen molar-refractivity contribution in [2.75, 3.05) is 18.0 Å². The average molecular weight is 225 g/mol. The predicted molar refractivity (Wildman–Crippen MR) is 55.3 cm³/mol. The molecule has 2 atom stereocenters. The third-order valence-electron chi connectivity index (χ3n) is 2.72. The maximum atomic E-state index is 13.3. The minimum absolute atomic E-state index is 0.0526. The standard InChI is InChI=1S/C10H12FN3O2/c1-6-3-14(4-7(6)11)9-2-8(10(15)16)12-5-13-9/h2,5-7H,3-4H2,1H3,(H,15,16)/t6-,7+/m1/s1. The van der Waals surface area contributed by atoms with E-state index in [1.165, 1.54) is 12.4 Å². The SMILES string of the molecule is C[C@@H]1CN(c2cc(C(=O)O)ncn2)C[C@@H]1F. The summed E-state index contributed by atoms with van der Waals surface area (Å²) in [6, 6.07) is 1.37. The number of carboxylic acids is 1. The number of carbonyl (C=O) groups is 1. The Balaban J connectivity index is 2.21. The molecule has 0 saturated carbocycles. The first-order valence-corrected chi connectivity index (χ1v) is 5.02. The molecule has 2 heterocycles. The highest BCUT2D eigenvalue weighted by molar-refractivity contribution is 5.86. The molecule has 0 radical (unpaired) electrons. The molecule has 0 aliphatic carbocycles. The maximum Gasteiger partial charge on any atom is 0.354 e. The van der Waals surface area contributed by atoms with Crippen LogP contribution < -0.4 is 4.90 Å². The fourth-order valence-electron chi connectivity index (χ4n) is 1.75. The number of anilines is 1. The second-order valence-electron chi connectivity index (χ2n) is 3.96. The normalized spacial score (nSPS) is 24.8. The molecule has 0 spiro atoms. The summed E-state index contributed by atoms with van der Waals surface area (Å²) in [6.07, 6.45) is 0.304. The molecule has 1 aliphatic rings. The van der Waals surface area contributed by atoms with E-state index >= 15 is 0 Å². The number of alkyl halides is 1. The predicted octanol–water partition coefficient (Wildman–Crippen LogP) is 0.969. The van der Waals surface area contributed by atoms with Gasteiger partial charge in [-0.05, 0) is 0 Å². The summed E-state index contributed by atoms with van der Waals surface area (Å²) in [6.45, 7) is 2.64. The quantitative estimate of drug-likeness (QED) is 0.812. The molecule has 0 amide bonds. The molecule has 0 aromatic carbocycles. The number of aromatic nitrogens is 2. The van der Waals surface area contributed by atoms with Crippen LogP contribution in [0.5, 0.6) is 0 Å². The molecule has 1 saturated heterocycles. The van der Waals surface area contributed by atoms with Gasteiger partial charge in [0.1, 0.15) is 18.3 Å². The summed E-state index contributed by atoms with van der Waals surface area (Å²) in [7, 11) is 0. The van der Waals surface area contributed by atoms with E-state index in [4.69, 9.17) is 5.11 Å². The molecule has 16 heavy (non-hydrogen) atoms. The largest absolute Gasteiger partial charge is 0.477 e. The third kappa shape index (κ3) is 1.95. The van der Waals surface area contributed by atoms with Gasteiger partial charge in [-0.3, -0.25) is 0 Å². The number of halogens is 1. The monoisotopic (exact) mass is 225 g/mol. The summed E-state index contributed by atoms with van der Waals surface area (Å²) < 4.78 is 13.3. The average Bonchev–Trinajstić information content (AvgIpc) is 2.59. The van der Waals surface area contributed by atoms with Gasteiger partial charge in [0, 0.05) is 18.5 Å². The number of hydrogen-bond donors (Lipinski definition) is 1. The fourth-order valence-corrected chi connectivity index (χ4v) is 1.75. The molecule has 1 aromatic heterocycles. The Bertz CT molecular complexity index is 403. The molecule has 1 aromatic rings. The Morgan fingerprint density at radius 3 is 2.88 bits per heavy atom. The summed E-state index contributed by atoms with van der Waals surface area (Å²) in [5.74, 6) is -0.685. The van der Waals surface area contributed by atoms with Crippen molar-refractivity contribution in [3.63, 3.8) is 0 Å². The van der Waals surface area contributed by atoms with Crippen molar-refractivity contribution in [1.29, 1.82) is 0 Å². The Kier molecular flexibility index (Phi) is 2.72. The zero-order valence-corrected chi connectivity index (χ0v) is 8.80. The van der Waals surface area contributed by atoms with E-state index in [1.54, 1.807) is 4.90 Å². The highest BCUT2D eigenvalue weighted by Gasteiger charge is 2.30. The molecule has 5 nitrogen and oxygen atoms in total. The van der Waals surface area contributed by atoms with Crippen LogP contribution in [-0.2, 0) is 0 Å². The van der Waals surface area contributed by atoms with Crippen LogP contribution in [-0.4, -0.2) is 40.3 Å². The zero-order chi connectivity index (χ0) is 11.7. The molecule has 1 N–H and O–H groups in total. The fraction of sp³-hybridized carbons (Fsp3) is 0.500. The summed E-state index contributed by atoms with van der Waals surface area (Å²) >= 11 is 0. The lowest BCUT2D eigenvalue weighted by Gasteiger charge is -2.16. The van der Waals surface area contributed by atoms with E-state index < -0.39 is 12.1 Å². The minimum atomic E-state index is -1.10. The number of aromatic carboxylic acids is 1. The Morgan fingerprint density at radius 2 is 2.31 bits per heavy atom. The van der Waals surface area contributed by atoms with Gasteiger partial charge < -0.3 is 10.0 Å². The van der Waals surface area contributed by atoms with E-state index in [2.05, 4.69) is 9.97 Å². The first-order chi connectivity index (χ1) is 7.58. The topological polar surface area (TPSA) is 66.3 Å². The molecule has 0 bridgehead atoms. The lowest BCUT2D eigenvalue weighted by Crippen LogP contribution is -2.22. The number of nitrogens with zero attached hydrogens (tertiary/aromatic N) is 3. The van der Waals surface area contributed by atoms with Gasteiger partial charge in [-0.15, -0.1) is 0 Å². The Morgan fingerprint density at radius 1 is 1.56 bits per heavy atom. The van der Waals surface area contributed by atoms with Crippen molar-refractivity contribution >= 4 is 11.8 Å². The number of rotatable bonds is 2. The van der Waals surface area contributed by atoms with Gasteiger partial charge in [-0.2, -0.15) is 0 Å². The molecule has 2 rings (SSSR count). The van der Waals surface area contributed by atoms with E-state index in [9.17, 15) is 9.18 Å². The number of hydrogen-bond acceptors (Lipinski definition) is 4. The Labute approximate surface area is 91.9 Å². The Hall–Kier alpha value is -1.72. The lowest BCUT2D eigenvalue weighted by atomic mass is 10.1. The van der Waals surface area contributed by atoms with Crippen LogP contribution in [0.3, 0.4) is 0 Å². The van der Waals surface area contributed by atoms with Crippen molar-refractivity contribution < 1.29 is 14.3 Å². The van der Waals surface area contributed by atoms with Crippen LogP contribution in [0.2, 0.25) is 0 Å². The highest BCUT2D eigenvalue weighted by atomic mass is 19.1. The van der Waals surface area contributed by atoms with Gasteiger partial charge in [0.15, 0.2) is 5.69 Å². The van der Waals surface area contributed by atoms with Crippen LogP contribution in [0.25, 0.3) is 0 Å². The summed E-state index contributed by atoms with van der Waals surface area (Å²) in [4.78, 5) is 20.0. The van der Waals surface area contributed by atoms with E-state index in [0.29, 0.717) is 12.4 Å². The van der Waals surface area contributed by atoms with Gasteiger partial charge in [-0.1, -0.05) is 6.92 Å². The van der Waals surface area contributed by atoms with E-state index in [0.717, 1.165) is 0 Å². The molecule has 0 unspecified atom stereocenters. The number of carboxylic acid groups (broad SMARTS) is 1. The van der Waals surface area contributed by atoms with Crippen LogP contribution in [0.4, 0.5) is 10.2 Å². The van der Waals surface area contributed by atoms with Crippen molar-refractivity contribution in [1.82, 2.24) is 9.97 Å². The van der Waals surface area contributed by atoms with Crippen molar-refractivity contribution in [2.24, 2.45) is 5.92 Å². The molecular weight excluding hydrogens is 213 g/mol. The molecule has 1 aliphatic heterocycles. The maximum absolute atomic E-state index is 13.3. The molecule has 86 valence electrons.